The summed E-state index contributed by atoms with van der Waals surface area (Å²) in [5.41, 5.74) is 0.158. The number of carbonyl (C=O) groups is 1. The third kappa shape index (κ3) is 3.17. The fourth-order valence-electron chi connectivity index (χ4n) is 1.51. The Morgan fingerprint density at radius 2 is 2.15 bits per heavy atom. The predicted molar refractivity (Wildman–Crippen MR) is 74.8 cm³/mol. The second kappa shape index (κ2) is 5.92. The van der Waals surface area contributed by atoms with Crippen molar-refractivity contribution in [3.63, 3.8) is 0 Å². The lowest BCUT2D eigenvalue weighted by Gasteiger charge is -2.06. The second-order valence-corrected chi connectivity index (χ2v) is 4.33. The van der Waals surface area contributed by atoms with Crippen LogP contribution in [0.2, 0.25) is 0 Å². The zero-order valence-corrected chi connectivity index (χ0v) is 11.2. The van der Waals surface area contributed by atoms with Gasteiger partial charge in [-0.2, -0.15) is 5.10 Å². The molecule has 102 valence electrons. The van der Waals surface area contributed by atoms with Crippen LogP contribution in [-0.4, -0.2) is 39.5 Å². The molecule has 0 spiro atoms. The minimum Gasteiger partial charge on any atom is -0.383 e. The van der Waals surface area contributed by atoms with Crippen LogP contribution in [0.1, 0.15) is 10.5 Å². The van der Waals surface area contributed by atoms with Crippen molar-refractivity contribution in [3.8, 4) is 5.69 Å². The van der Waals surface area contributed by atoms with Crippen molar-refractivity contribution in [3.05, 3.63) is 65.0 Å². The Morgan fingerprint density at radius 3 is 2.80 bits per heavy atom. The highest BCUT2D eigenvalue weighted by Crippen LogP contribution is 2.02. The van der Waals surface area contributed by atoms with E-state index < -0.39 is 11.2 Å². The molecule has 0 aliphatic rings. The molecule has 0 atom stereocenters. The van der Waals surface area contributed by atoms with Crippen LogP contribution in [0.4, 0.5) is 0 Å². The number of allylic oxidation sites excluding steroid dienone is 1. The molecule has 0 aromatic carbocycles. The van der Waals surface area contributed by atoms with E-state index >= 15 is 0 Å². The fourth-order valence-corrected chi connectivity index (χ4v) is 1.51. The Hall–Kier alpha value is -2.76. The van der Waals surface area contributed by atoms with E-state index in [0.717, 1.165) is 0 Å². The first kappa shape index (κ1) is 13.7. The Bertz CT molecular complexity index is 690. The third-order valence-electron chi connectivity index (χ3n) is 2.48. The van der Waals surface area contributed by atoms with Crippen molar-refractivity contribution >= 4 is 5.78 Å². The van der Waals surface area contributed by atoms with Crippen LogP contribution in [0.15, 0.2) is 53.9 Å². The van der Waals surface area contributed by atoms with Gasteiger partial charge in [0, 0.05) is 44.8 Å². The number of carbonyl (C=O) groups excluding carboxylic acids is 1. The van der Waals surface area contributed by atoms with Gasteiger partial charge in [0.05, 0.1) is 11.9 Å². The maximum absolute atomic E-state index is 11.9. The van der Waals surface area contributed by atoms with Crippen molar-refractivity contribution in [1.82, 2.24) is 19.7 Å². The van der Waals surface area contributed by atoms with E-state index in [4.69, 9.17) is 0 Å². The average Bonchev–Trinajstić information content (AvgIpc) is 2.46. The molecule has 0 amide bonds. The van der Waals surface area contributed by atoms with Crippen molar-refractivity contribution in [2.75, 3.05) is 14.1 Å². The van der Waals surface area contributed by atoms with Gasteiger partial charge in [0.15, 0.2) is 5.69 Å². The average molecular weight is 270 g/mol. The molecule has 0 aliphatic heterocycles. The zero-order chi connectivity index (χ0) is 14.5. The maximum atomic E-state index is 11.9. The van der Waals surface area contributed by atoms with Crippen LogP contribution in [0.3, 0.4) is 0 Å². The Kier molecular flexibility index (Phi) is 4.05. The molecule has 0 saturated heterocycles. The molecule has 0 N–H and O–H groups in total. The number of pyridine rings is 1. The molecule has 2 heterocycles. The summed E-state index contributed by atoms with van der Waals surface area (Å²) in [7, 11) is 3.58. The Morgan fingerprint density at radius 1 is 1.35 bits per heavy atom. The summed E-state index contributed by atoms with van der Waals surface area (Å²) >= 11 is 0. The van der Waals surface area contributed by atoms with Gasteiger partial charge >= 0.3 is 0 Å². The summed E-state index contributed by atoms with van der Waals surface area (Å²) in [6.45, 7) is 0. The molecule has 2 aromatic rings. The number of rotatable bonds is 4. The number of nitrogens with zero attached hydrogens (tertiary/aromatic N) is 4. The smallest absolute Gasteiger partial charge is 0.211 e. The lowest BCUT2D eigenvalue weighted by atomic mass is 10.2. The minimum atomic E-state index is -0.429. The topological polar surface area (TPSA) is 68.1 Å². The van der Waals surface area contributed by atoms with Crippen LogP contribution >= 0.6 is 0 Å². The van der Waals surface area contributed by atoms with Crippen molar-refractivity contribution < 1.29 is 4.79 Å². The normalized spacial score (nSPS) is 10.7. The van der Waals surface area contributed by atoms with E-state index in [-0.39, 0.29) is 5.69 Å². The van der Waals surface area contributed by atoms with Crippen molar-refractivity contribution in [2.24, 2.45) is 0 Å². The molecule has 0 aliphatic carbocycles. The minimum absolute atomic E-state index is 0.116. The lowest BCUT2D eigenvalue weighted by Crippen LogP contribution is -2.20. The van der Waals surface area contributed by atoms with Gasteiger partial charge in [-0.1, -0.05) is 0 Å². The van der Waals surface area contributed by atoms with Crippen LogP contribution in [0.5, 0.6) is 0 Å². The first-order chi connectivity index (χ1) is 9.58. The van der Waals surface area contributed by atoms with E-state index in [1.807, 2.05) is 0 Å². The summed E-state index contributed by atoms with van der Waals surface area (Å²) < 4.78 is 1.45. The highest BCUT2D eigenvalue weighted by molar-refractivity contribution is 6.02. The highest BCUT2D eigenvalue weighted by atomic mass is 16.1. The molecule has 2 rings (SSSR count). The van der Waals surface area contributed by atoms with Crippen LogP contribution in [0.25, 0.3) is 5.69 Å². The summed E-state index contributed by atoms with van der Waals surface area (Å²) in [6.07, 6.45) is 7.63. The van der Waals surface area contributed by atoms with Crippen molar-refractivity contribution in [1.29, 1.82) is 0 Å². The van der Waals surface area contributed by atoms with Crippen LogP contribution < -0.4 is 5.43 Å². The third-order valence-corrected chi connectivity index (χ3v) is 2.48. The first-order valence-corrected chi connectivity index (χ1v) is 5.97. The SMILES string of the molecule is CN(C)/C=C/C(=O)c1nn(-c2cccnc2)ccc1=O. The molecule has 6 heteroatoms. The van der Waals surface area contributed by atoms with Gasteiger partial charge in [0.25, 0.3) is 0 Å². The summed E-state index contributed by atoms with van der Waals surface area (Å²) in [4.78, 5) is 29.4. The van der Waals surface area contributed by atoms with Gasteiger partial charge in [-0.3, -0.25) is 14.6 Å². The first-order valence-electron chi connectivity index (χ1n) is 5.97. The quantitative estimate of drug-likeness (QED) is 0.609. The van der Waals surface area contributed by atoms with Gasteiger partial charge < -0.3 is 4.90 Å². The van der Waals surface area contributed by atoms with Gasteiger partial charge in [-0.05, 0) is 12.1 Å². The monoisotopic (exact) mass is 270 g/mol. The number of hydrogen-bond acceptors (Lipinski definition) is 5. The van der Waals surface area contributed by atoms with Crippen LogP contribution in [-0.2, 0) is 0 Å². The van der Waals surface area contributed by atoms with E-state index in [1.165, 1.54) is 23.0 Å². The molecule has 20 heavy (non-hydrogen) atoms. The fraction of sp³-hybridized carbons (Fsp3) is 0.143. The molecule has 0 radical (unpaired) electrons. The molecular formula is C14H14N4O2. The molecule has 2 aromatic heterocycles. The molecule has 0 unspecified atom stereocenters. The molecule has 0 saturated carbocycles. The molecule has 6 nitrogen and oxygen atoms in total. The largest absolute Gasteiger partial charge is 0.383 e. The van der Waals surface area contributed by atoms with E-state index in [1.54, 1.807) is 49.7 Å². The lowest BCUT2D eigenvalue weighted by molar-refractivity contribution is 0.103. The standard InChI is InChI=1S/C14H14N4O2/c1-17(2)8-5-12(19)14-13(20)6-9-18(16-14)11-4-3-7-15-10-11/h3-10H,1-2H3/b8-5+. The number of aromatic nitrogens is 3. The van der Waals surface area contributed by atoms with Gasteiger partial charge in [0.2, 0.25) is 11.2 Å². The molecule has 0 bridgehead atoms. The van der Waals surface area contributed by atoms with E-state index in [2.05, 4.69) is 10.1 Å². The summed E-state index contributed by atoms with van der Waals surface area (Å²) in [5.74, 6) is -0.429. The highest BCUT2D eigenvalue weighted by Gasteiger charge is 2.10. The van der Waals surface area contributed by atoms with E-state index in [9.17, 15) is 9.59 Å². The van der Waals surface area contributed by atoms with Gasteiger partial charge in [-0.15, -0.1) is 0 Å². The van der Waals surface area contributed by atoms with E-state index in [0.29, 0.717) is 5.69 Å². The number of ketones is 1. The molecular weight excluding hydrogens is 256 g/mol. The molecule has 0 fully saturated rings. The summed E-state index contributed by atoms with van der Waals surface area (Å²) in [6, 6.07) is 4.85. The zero-order valence-electron chi connectivity index (χ0n) is 11.2. The van der Waals surface area contributed by atoms with Crippen molar-refractivity contribution in [2.45, 2.75) is 0 Å². The summed E-state index contributed by atoms with van der Waals surface area (Å²) in [5, 5.41) is 4.07. The van der Waals surface area contributed by atoms with Gasteiger partial charge in [0.1, 0.15) is 0 Å². The Balaban J connectivity index is 2.40. The number of hydrogen-bond donors (Lipinski definition) is 0. The Labute approximate surface area is 116 Å². The maximum Gasteiger partial charge on any atom is 0.211 e. The van der Waals surface area contributed by atoms with Crippen LogP contribution in [0, 0.1) is 0 Å². The van der Waals surface area contributed by atoms with Gasteiger partial charge in [-0.25, -0.2) is 4.68 Å². The predicted octanol–water partition coefficient (Wildman–Crippen LogP) is 0.885. The second-order valence-electron chi connectivity index (χ2n) is 4.33.